The first-order chi connectivity index (χ1) is 11.2. The van der Waals surface area contributed by atoms with E-state index in [4.69, 9.17) is 4.74 Å². The minimum absolute atomic E-state index is 0.156. The lowest BCUT2D eigenvalue weighted by Crippen LogP contribution is -2.55. The highest BCUT2D eigenvalue weighted by molar-refractivity contribution is 5.28. The van der Waals surface area contributed by atoms with Crippen LogP contribution in [0.2, 0.25) is 0 Å². The van der Waals surface area contributed by atoms with Gasteiger partial charge in [0.05, 0.1) is 19.3 Å². The molecule has 2 atom stereocenters. The topological polar surface area (TPSA) is 56.2 Å². The Balaban J connectivity index is 1.53. The van der Waals surface area contributed by atoms with Gasteiger partial charge in [0.15, 0.2) is 0 Å². The third kappa shape index (κ3) is 4.23. The number of likely N-dealkylation sites (tertiary alicyclic amines) is 2. The molecule has 1 aromatic carbocycles. The number of nitrogens with zero attached hydrogens (tertiary/aromatic N) is 2. The Hall–Kier alpha value is -1.14. The first-order valence-electron chi connectivity index (χ1n) is 8.61. The van der Waals surface area contributed by atoms with Gasteiger partial charge in [-0.1, -0.05) is 12.1 Å². The van der Waals surface area contributed by atoms with Crippen LogP contribution in [0.3, 0.4) is 0 Å². The highest BCUT2D eigenvalue weighted by Gasteiger charge is 2.33. The van der Waals surface area contributed by atoms with Crippen LogP contribution in [-0.2, 0) is 6.54 Å². The van der Waals surface area contributed by atoms with Crippen LogP contribution in [0.25, 0.3) is 0 Å². The van der Waals surface area contributed by atoms with Gasteiger partial charge in [0, 0.05) is 38.8 Å². The maximum atomic E-state index is 10.6. The normalized spacial score (nSPS) is 28.0. The van der Waals surface area contributed by atoms with E-state index in [0.717, 1.165) is 51.2 Å². The molecule has 0 unspecified atom stereocenters. The number of aliphatic hydroxyl groups is 2. The lowest BCUT2D eigenvalue weighted by Gasteiger charge is -2.43. The third-order valence-corrected chi connectivity index (χ3v) is 5.14. The zero-order chi connectivity index (χ0) is 16.2. The number of piperidine rings is 2. The third-order valence-electron chi connectivity index (χ3n) is 5.14. The molecule has 0 amide bonds. The van der Waals surface area contributed by atoms with E-state index in [-0.39, 0.29) is 18.2 Å². The fourth-order valence-corrected chi connectivity index (χ4v) is 3.80. The van der Waals surface area contributed by atoms with Crippen molar-refractivity contribution in [1.82, 2.24) is 9.80 Å². The van der Waals surface area contributed by atoms with Crippen LogP contribution < -0.4 is 4.74 Å². The Morgan fingerprint density at radius 3 is 2.61 bits per heavy atom. The number of rotatable bonds is 4. The van der Waals surface area contributed by atoms with Crippen LogP contribution in [0.5, 0.6) is 5.75 Å². The van der Waals surface area contributed by atoms with Crippen LogP contribution in [0, 0.1) is 0 Å². The van der Waals surface area contributed by atoms with Crippen LogP contribution >= 0.6 is 0 Å². The van der Waals surface area contributed by atoms with E-state index in [1.54, 1.807) is 7.11 Å². The molecule has 0 radical (unpaired) electrons. The summed E-state index contributed by atoms with van der Waals surface area (Å²) in [5.41, 5.74) is 1.22. The van der Waals surface area contributed by atoms with Gasteiger partial charge in [-0.2, -0.15) is 0 Å². The van der Waals surface area contributed by atoms with Gasteiger partial charge in [0.1, 0.15) is 5.75 Å². The standard InChI is InChI=1S/C18H28N2O3/c1-23-16-4-2-3-14(11-16)12-19-8-7-17(18(22)13-19)20-9-5-15(21)6-10-20/h2-4,11,15,17-18,21-22H,5-10,12-13H2,1H3/t17-,18-/m1/s1. The van der Waals surface area contributed by atoms with Gasteiger partial charge in [0.25, 0.3) is 0 Å². The zero-order valence-electron chi connectivity index (χ0n) is 13.9. The average molecular weight is 320 g/mol. The molecule has 0 bridgehead atoms. The van der Waals surface area contributed by atoms with Crippen molar-refractivity contribution in [2.24, 2.45) is 0 Å². The van der Waals surface area contributed by atoms with Crippen molar-refractivity contribution < 1.29 is 14.9 Å². The number of hydrogen-bond acceptors (Lipinski definition) is 5. The first-order valence-corrected chi connectivity index (χ1v) is 8.61. The molecular formula is C18H28N2O3. The summed E-state index contributed by atoms with van der Waals surface area (Å²) in [6.07, 6.45) is 2.18. The van der Waals surface area contributed by atoms with E-state index < -0.39 is 0 Å². The fourth-order valence-electron chi connectivity index (χ4n) is 3.80. The Morgan fingerprint density at radius 2 is 1.91 bits per heavy atom. The molecule has 128 valence electrons. The molecule has 0 aliphatic carbocycles. The first kappa shape index (κ1) is 16.7. The Morgan fingerprint density at radius 1 is 1.13 bits per heavy atom. The van der Waals surface area contributed by atoms with Crippen molar-refractivity contribution in [2.75, 3.05) is 33.3 Å². The number of methoxy groups -OCH3 is 1. The van der Waals surface area contributed by atoms with Crippen LogP contribution in [0.1, 0.15) is 24.8 Å². The maximum absolute atomic E-state index is 10.6. The second-order valence-electron chi connectivity index (χ2n) is 6.78. The van der Waals surface area contributed by atoms with E-state index >= 15 is 0 Å². The maximum Gasteiger partial charge on any atom is 0.119 e. The molecule has 2 aliphatic rings. The summed E-state index contributed by atoms with van der Waals surface area (Å²) in [5.74, 6) is 0.879. The molecule has 1 aromatic rings. The molecule has 2 fully saturated rings. The number of hydrogen-bond donors (Lipinski definition) is 2. The van der Waals surface area contributed by atoms with Crippen LogP contribution in [0.15, 0.2) is 24.3 Å². The van der Waals surface area contributed by atoms with Crippen LogP contribution in [0.4, 0.5) is 0 Å². The van der Waals surface area contributed by atoms with Gasteiger partial charge in [-0.3, -0.25) is 9.80 Å². The van der Waals surface area contributed by atoms with Gasteiger partial charge >= 0.3 is 0 Å². The number of benzene rings is 1. The minimum Gasteiger partial charge on any atom is -0.497 e. The van der Waals surface area contributed by atoms with Gasteiger partial charge in [0.2, 0.25) is 0 Å². The van der Waals surface area contributed by atoms with Gasteiger partial charge in [-0.05, 0) is 37.0 Å². The Labute approximate surface area is 138 Å². The van der Waals surface area contributed by atoms with Gasteiger partial charge < -0.3 is 14.9 Å². The predicted molar refractivity (Wildman–Crippen MR) is 89.5 cm³/mol. The van der Waals surface area contributed by atoms with E-state index in [1.807, 2.05) is 12.1 Å². The Bertz CT molecular complexity index is 503. The molecule has 2 aliphatic heterocycles. The summed E-state index contributed by atoms with van der Waals surface area (Å²) in [5, 5.41) is 20.2. The molecule has 2 heterocycles. The summed E-state index contributed by atoms with van der Waals surface area (Å²) in [4.78, 5) is 4.68. The van der Waals surface area contributed by atoms with Crippen molar-refractivity contribution in [2.45, 2.75) is 44.1 Å². The van der Waals surface area contributed by atoms with Gasteiger partial charge in [-0.25, -0.2) is 0 Å². The molecule has 23 heavy (non-hydrogen) atoms. The molecule has 0 aromatic heterocycles. The van der Waals surface area contributed by atoms with Crippen molar-refractivity contribution in [3.63, 3.8) is 0 Å². The summed E-state index contributed by atoms with van der Waals surface area (Å²) in [7, 11) is 1.68. The lowest BCUT2D eigenvalue weighted by atomic mass is 9.96. The van der Waals surface area contributed by atoms with Crippen molar-refractivity contribution in [3.8, 4) is 5.75 Å². The monoisotopic (exact) mass is 320 g/mol. The predicted octanol–water partition coefficient (Wildman–Crippen LogP) is 1.09. The summed E-state index contributed by atoms with van der Waals surface area (Å²) < 4.78 is 5.28. The second-order valence-corrected chi connectivity index (χ2v) is 6.78. The summed E-state index contributed by atoms with van der Waals surface area (Å²) in [6.45, 7) is 4.36. The van der Waals surface area contributed by atoms with Crippen molar-refractivity contribution >= 4 is 0 Å². The van der Waals surface area contributed by atoms with Crippen molar-refractivity contribution in [3.05, 3.63) is 29.8 Å². The van der Waals surface area contributed by atoms with Gasteiger partial charge in [-0.15, -0.1) is 0 Å². The summed E-state index contributed by atoms with van der Waals surface area (Å²) >= 11 is 0. The van der Waals surface area contributed by atoms with E-state index in [2.05, 4.69) is 21.9 Å². The van der Waals surface area contributed by atoms with Crippen LogP contribution in [-0.4, -0.2) is 71.6 Å². The second kappa shape index (κ2) is 7.62. The highest BCUT2D eigenvalue weighted by Crippen LogP contribution is 2.23. The molecule has 2 saturated heterocycles. The molecule has 3 rings (SSSR count). The molecule has 0 saturated carbocycles. The zero-order valence-corrected chi connectivity index (χ0v) is 13.9. The lowest BCUT2D eigenvalue weighted by molar-refractivity contribution is -0.0355. The molecule has 0 spiro atoms. The molecule has 5 nitrogen and oxygen atoms in total. The average Bonchev–Trinajstić information content (AvgIpc) is 2.56. The quantitative estimate of drug-likeness (QED) is 0.870. The van der Waals surface area contributed by atoms with E-state index in [9.17, 15) is 10.2 Å². The SMILES string of the molecule is COc1cccc(CN2CC[C@@H](N3CCC(O)CC3)[C@H](O)C2)c1. The summed E-state index contributed by atoms with van der Waals surface area (Å²) in [6, 6.07) is 8.37. The molecule has 2 N–H and O–H groups in total. The largest absolute Gasteiger partial charge is 0.497 e. The Kier molecular flexibility index (Phi) is 5.54. The molecule has 5 heteroatoms. The van der Waals surface area contributed by atoms with E-state index in [0.29, 0.717) is 6.54 Å². The van der Waals surface area contributed by atoms with E-state index in [1.165, 1.54) is 5.56 Å². The highest BCUT2D eigenvalue weighted by atomic mass is 16.5. The smallest absolute Gasteiger partial charge is 0.119 e. The minimum atomic E-state index is -0.315. The number of aliphatic hydroxyl groups excluding tert-OH is 2. The fraction of sp³-hybridized carbons (Fsp3) is 0.667. The molecular weight excluding hydrogens is 292 g/mol. The van der Waals surface area contributed by atoms with Crippen molar-refractivity contribution in [1.29, 1.82) is 0 Å². The number of ether oxygens (including phenoxy) is 1. The number of β-amino-alcohol motifs (C(OH)–C–C–N with tert-alkyl or cyclic N) is 1.